The van der Waals surface area contributed by atoms with Crippen molar-refractivity contribution in [2.45, 2.75) is 67.0 Å². The lowest BCUT2D eigenvalue weighted by molar-refractivity contribution is -0.255. The van der Waals surface area contributed by atoms with Crippen LogP contribution < -0.4 is 10.0 Å². The Morgan fingerprint density at radius 3 is 2.11 bits per heavy atom. The van der Waals surface area contributed by atoms with Crippen molar-refractivity contribution in [1.29, 1.82) is 0 Å². The third-order valence-corrected chi connectivity index (χ3v) is 12.5. The van der Waals surface area contributed by atoms with Gasteiger partial charge in [0, 0.05) is 30.8 Å². The van der Waals surface area contributed by atoms with E-state index in [1.807, 2.05) is 104 Å². The highest BCUT2D eigenvalue weighted by molar-refractivity contribution is 7.99. The quantitative estimate of drug-likeness (QED) is 0.106. The second kappa shape index (κ2) is 18.4. The van der Waals surface area contributed by atoms with Crippen LogP contribution in [-0.4, -0.2) is 57.5 Å². The average molecular weight is 805 g/mol. The van der Waals surface area contributed by atoms with Gasteiger partial charge in [0.05, 0.1) is 23.7 Å². The molecule has 294 valence electrons. The Hall–Kier alpha value is -5.22. The normalized spacial score (nSPS) is 18.9. The van der Waals surface area contributed by atoms with Gasteiger partial charge in [0.15, 0.2) is 6.29 Å². The number of rotatable bonds is 15. The van der Waals surface area contributed by atoms with Crippen LogP contribution in [-0.2, 0) is 50.9 Å². The Kier molecular flexibility index (Phi) is 12.9. The number of nitrogens with one attached hydrogen (secondary N) is 2. The molecule has 6 aromatic rings. The Balaban J connectivity index is 1.10. The summed E-state index contributed by atoms with van der Waals surface area (Å²) in [5, 5.41) is 25.3. The minimum absolute atomic E-state index is 0.0613. The first-order chi connectivity index (χ1) is 27.7. The van der Waals surface area contributed by atoms with Crippen LogP contribution in [0.15, 0.2) is 144 Å². The number of aliphatic hydroxyl groups excluding tert-OH is 1. The minimum atomic E-state index is -3.98. The largest absolute Gasteiger partial charge is 0.392 e. The standard InChI is InChI=1S/C43H44N6O6S2/c1-29-13-23-36(24-14-29)57(52,53)46-37(25-30-9-5-3-6-10-30)41(51)44-26-31-15-21-35(22-16-31)42-54-38(28-56-43-45-47-48-49(43)2)39(33-11-7-4-8-12-33)40(55-42)34-19-17-32(27-50)18-20-34/h3-24,37-40,42,46,50H,25-28H2,1-2H3,(H,44,51)/t37-,38-,39-,40+,42?/m1/s1. The number of hydrogen-bond acceptors (Lipinski definition) is 10. The molecule has 5 aromatic carbocycles. The van der Waals surface area contributed by atoms with Gasteiger partial charge in [-0.15, -0.1) is 5.10 Å². The molecule has 57 heavy (non-hydrogen) atoms. The average Bonchev–Trinajstić information content (AvgIpc) is 3.66. The number of tetrazole rings is 1. The Morgan fingerprint density at radius 1 is 0.807 bits per heavy atom. The SMILES string of the molecule is Cc1ccc(S(=O)(=O)N[C@H](Cc2ccccc2)C(=O)NCc2ccc(C3O[C@H](CSc4nnnn4C)[C@@H](c4ccccc4)[C@H](c4ccc(CO)cc4)O3)cc2)cc1. The summed E-state index contributed by atoms with van der Waals surface area (Å²) in [6, 6.07) is 40.3. The van der Waals surface area contributed by atoms with E-state index < -0.39 is 34.4 Å². The van der Waals surface area contributed by atoms with Gasteiger partial charge >= 0.3 is 0 Å². The maximum absolute atomic E-state index is 13.7. The molecule has 5 atom stereocenters. The van der Waals surface area contributed by atoms with Crippen molar-refractivity contribution >= 4 is 27.7 Å². The fourth-order valence-electron chi connectivity index (χ4n) is 6.77. The highest BCUT2D eigenvalue weighted by Gasteiger charge is 2.42. The molecule has 0 saturated carbocycles. The zero-order valence-electron chi connectivity index (χ0n) is 31.5. The Labute approximate surface area is 336 Å². The smallest absolute Gasteiger partial charge is 0.241 e. The number of aryl methyl sites for hydroxylation is 2. The summed E-state index contributed by atoms with van der Waals surface area (Å²) in [6.07, 6.45) is -1.27. The predicted molar refractivity (Wildman–Crippen MR) is 216 cm³/mol. The number of ether oxygens (including phenoxy) is 2. The predicted octanol–water partition coefficient (Wildman–Crippen LogP) is 5.95. The van der Waals surface area contributed by atoms with Gasteiger partial charge in [0.1, 0.15) is 6.04 Å². The highest BCUT2D eigenvalue weighted by atomic mass is 32.2. The van der Waals surface area contributed by atoms with Crippen molar-refractivity contribution in [3.8, 4) is 0 Å². The molecule has 1 fully saturated rings. The van der Waals surface area contributed by atoms with Crippen molar-refractivity contribution in [1.82, 2.24) is 30.2 Å². The molecule has 12 nitrogen and oxygen atoms in total. The van der Waals surface area contributed by atoms with Crippen molar-refractivity contribution in [2.75, 3.05) is 5.75 Å². The first-order valence-corrected chi connectivity index (χ1v) is 21.0. The van der Waals surface area contributed by atoms with Crippen LogP contribution in [0.1, 0.15) is 57.3 Å². The summed E-state index contributed by atoms with van der Waals surface area (Å²) in [4.78, 5) is 13.7. The van der Waals surface area contributed by atoms with E-state index in [0.29, 0.717) is 10.9 Å². The number of carbonyl (C=O) groups excluding carboxylic acids is 1. The second-order valence-corrected chi connectivity index (χ2v) is 16.6. The third kappa shape index (κ3) is 10.0. The second-order valence-electron chi connectivity index (χ2n) is 13.9. The van der Waals surface area contributed by atoms with E-state index in [9.17, 15) is 18.3 Å². The molecule has 2 heterocycles. The molecule has 3 N–H and O–H groups in total. The molecule has 1 saturated heterocycles. The summed E-state index contributed by atoms with van der Waals surface area (Å²) in [6.45, 7) is 1.99. The van der Waals surface area contributed by atoms with E-state index in [4.69, 9.17) is 9.47 Å². The van der Waals surface area contributed by atoms with Gasteiger partial charge in [-0.2, -0.15) is 4.72 Å². The molecular formula is C43H44N6O6S2. The van der Waals surface area contributed by atoms with E-state index in [1.54, 1.807) is 23.9 Å². The maximum atomic E-state index is 13.7. The van der Waals surface area contributed by atoms with Crippen LogP contribution in [0.3, 0.4) is 0 Å². The van der Waals surface area contributed by atoms with E-state index in [1.165, 1.54) is 23.9 Å². The van der Waals surface area contributed by atoms with E-state index in [-0.39, 0.29) is 36.5 Å². The van der Waals surface area contributed by atoms with Crippen LogP contribution in [0.25, 0.3) is 0 Å². The number of aliphatic hydroxyl groups is 1. The van der Waals surface area contributed by atoms with Gasteiger partial charge < -0.3 is 19.9 Å². The van der Waals surface area contributed by atoms with Crippen molar-refractivity contribution < 1.29 is 27.8 Å². The van der Waals surface area contributed by atoms with Gasteiger partial charge in [-0.3, -0.25) is 4.79 Å². The van der Waals surface area contributed by atoms with E-state index in [2.05, 4.69) is 37.7 Å². The van der Waals surface area contributed by atoms with Crippen LogP contribution in [0.2, 0.25) is 0 Å². The van der Waals surface area contributed by atoms with Crippen LogP contribution in [0.4, 0.5) is 0 Å². The molecule has 1 amide bonds. The molecule has 1 aliphatic heterocycles. The topological polar surface area (TPSA) is 158 Å². The number of thioether (sulfide) groups is 1. The molecule has 0 bridgehead atoms. The number of nitrogens with zero attached hydrogens (tertiary/aromatic N) is 4. The molecule has 14 heteroatoms. The van der Waals surface area contributed by atoms with Gasteiger partial charge in [0.25, 0.3) is 0 Å². The summed E-state index contributed by atoms with van der Waals surface area (Å²) in [7, 11) is -2.18. The molecule has 0 radical (unpaired) electrons. The fraction of sp³-hybridized carbons (Fsp3) is 0.256. The number of sulfonamides is 1. The molecule has 1 aliphatic rings. The first kappa shape index (κ1) is 40.0. The maximum Gasteiger partial charge on any atom is 0.241 e. The van der Waals surface area contributed by atoms with Gasteiger partial charge in [-0.25, -0.2) is 13.1 Å². The van der Waals surface area contributed by atoms with Crippen molar-refractivity contribution in [2.24, 2.45) is 7.05 Å². The molecule has 7 rings (SSSR count). The van der Waals surface area contributed by atoms with Crippen molar-refractivity contribution in [3.05, 3.63) is 172 Å². The molecular weight excluding hydrogens is 761 g/mol. The van der Waals surface area contributed by atoms with Gasteiger partial charge in [-0.1, -0.05) is 139 Å². The zero-order valence-corrected chi connectivity index (χ0v) is 33.1. The zero-order chi connectivity index (χ0) is 39.8. The Morgan fingerprint density at radius 2 is 1.46 bits per heavy atom. The third-order valence-electron chi connectivity index (χ3n) is 9.88. The number of hydrogen-bond donors (Lipinski definition) is 3. The Bertz CT molecular complexity index is 2330. The lowest BCUT2D eigenvalue weighted by Crippen LogP contribution is -2.47. The number of amides is 1. The number of benzene rings is 5. The molecule has 1 aromatic heterocycles. The monoisotopic (exact) mass is 804 g/mol. The summed E-state index contributed by atoms with van der Waals surface area (Å²) >= 11 is 1.51. The van der Waals surface area contributed by atoms with E-state index >= 15 is 0 Å². The lowest BCUT2D eigenvalue weighted by atomic mass is 9.84. The van der Waals surface area contributed by atoms with Gasteiger partial charge in [0.2, 0.25) is 21.1 Å². The minimum Gasteiger partial charge on any atom is -0.392 e. The highest BCUT2D eigenvalue weighted by Crippen LogP contribution is 2.48. The summed E-state index contributed by atoms with van der Waals surface area (Å²) < 4.78 is 44.6. The van der Waals surface area contributed by atoms with Crippen LogP contribution in [0, 0.1) is 6.92 Å². The van der Waals surface area contributed by atoms with Crippen LogP contribution >= 0.6 is 11.8 Å². The summed E-state index contributed by atoms with van der Waals surface area (Å²) in [5.74, 6) is -0.0864. The number of aromatic nitrogens is 4. The van der Waals surface area contributed by atoms with Crippen molar-refractivity contribution in [3.63, 3.8) is 0 Å². The molecule has 0 spiro atoms. The van der Waals surface area contributed by atoms with E-state index in [0.717, 1.165) is 38.9 Å². The summed E-state index contributed by atoms with van der Waals surface area (Å²) in [5.41, 5.74) is 6.17. The lowest BCUT2D eigenvalue weighted by Gasteiger charge is -2.43. The van der Waals surface area contributed by atoms with Crippen LogP contribution in [0.5, 0.6) is 0 Å². The molecule has 0 aliphatic carbocycles. The van der Waals surface area contributed by atoms with Gasteiger partial charge in [-0.05, 0) is 63.7 Å². The fourth-order valence-corrected chi connectivity index (χ4v) is 8.88. The number of carbonyl (C=O) groups is 1. The first-order valence-electron chi connectivity index (χ1n) is 18.6. The molecule has 1 unspecified atom stereocenters.